The van der Waals surface area contributed by atoms with E-state index in [1.54, 1.807) is 31.2 Å². The summed E-state index contributed by atoms with van der Waals surface area (Å²) in [5.74, 6) is 0.636. The van der Waals surface area contributed by atoms with Crippen molar-refractivity contribution in [3.63, 3.8) is 0 Å². The quantitative estimate of drug-likeness (QED) is 0.842. The molecule has 0 radical (unpaired) electrons. The zero-order valence-electron chi connectivity index (χ0n) is 11.4. The number of carbonyl (C=O) groups is 1. The number of aryl methyl sites for hydroxylation is 1. The summed E-state index contributed by atoms with van der Waals surface area (Å²) < 4.78 is 5.14. The van der Waals surface area contributed by atoms with Gasteiger partial charge in [0.05, 0.1) is 7.11 Å². The summed E-state index contributed by atoms with van der Waals surface area (Å²) in [5, 5.41) is 0. The van der Waals surface area contributed by atoms with Gasteiger partial charge in [0.15, 0.2) is 0 Å². The van der Waals surface area contributed by atoms with Gasteiger partial charge < -0.3 is 9.64 Å². The maximum absolute atomic E-state index is 12.4. The van der Waals surface area contributed by atoms with Crippen molar-refractivity contribution in [2.24, 2.45) is 0 Å². The van der Waals surface area contributed by atoms with E-state index in [4.69, 9.17) is 4.74 Å². The van der Waals surface area contributed by atoms with Crippen molar-refractivity contribution in [1.82, 2.24) is 0 Å². The Hall–Kier alpha value is -2.29. The summed E-state index contributed by atoms with van der Waals surface area (Å²) in [6, 6.07) is 15.0. The van der Waals surface area contributed by atoms with Crippen LogP contribution in [0.1, 0.15) is 15.9 Å². The number of hydrogen-bond acceptors (Lipinski definition) is 2. The zero-order valence-corrected chi connectivity index (χ0v) is 11.4. The normalized spacial score (nSPS) is 10.1. The van der Waals surface area contributed by atoms with E-state index >= 15 is 0 Å². The number of carbonyl (C=O) groups excluding carboxylic acids is 1. The van der Waals surface area contributed by atoms with E-state index in [9.17, 15) is 4.79 Å². The second-order valence-electron chi connectivity index (χ2n) is 4.38. The van der Waals surface area contributed by atoms with Gasteiger partial charge in [-0.25, -0.2) is 0 Å². The lowest BCUT2D eigenvalue weighted by Gasteiger charge is -2.19. The van der Waals surface area contributed by atoms with Crippen molar-refractivity contribution in [1.29, 1.82) is 0 Å². The lowest BCUT2D eigenvalue weighted by Crippen LogP contribution is -2.26. The molecule has 98 valence electrons. The van der Waals surface area contributed by atoms with Crippen LogP contribution >= 0.6 is 0 Å². The van der Waals surface area contributed by atoms with Crippen molar-refractivity contribution >= 4 is 11.6 Å². The van der Waals surface area contributed by atoms with Gasteiger partial charge in [-0.1, -0.05) is 24.3 Å². The van der Waals surface area contributed by atoms with Crippen LogP contribution in [0.2, 0.25) is 0 Å². The van der Waals surface area contributed by atoms with Crippen LogP contribution in [0.15, 0.2) is 48.5 Å². The summed E-state index contributed by atoms with van der Waals surface area (Å²) in [4.78, 5) is 14.1. The lowest BCUT2D eigenvalue weighted by molar-refractivity contribution is 0.0992. The van der Waals surface area contributed by atoms with Crippen LogP contribution in [-0.2, 0) is 0 Å². The molecule has 0 bridgehead atoms. The summed E-state index contributed by atoms with van der Waals surface area (Å²) in [6.45, 7) is 1.99. The largest absolute Gasteiger partial charge is 0.497 e. The fourth-order valence-corrected chi connectivity index (χ4v) is 2.00. The lowest BCUT2D eigenvalue weighted by atomic mass is 10.1. The second-order valence-corrected chi connectivity index (χ2v) is 4.38. The smallest absolute Gasteiger partial charge is 0.258 e. The minimum atomic E-state index is -0.0480. The number of rotatable bonds is 3. The number of methoxy groups -OCH3 is 1. The number of benzene rings is 2. The van der Waals surface area contributed by atoms with Gasteiger partial charge in [-0.15, -0.1) is 0 Å². The van der Waals surface area contributed by atoms with E-state index in [-0.39, 0.29) is 5.91 Å². The van der Waals surface area contributed by atoms with E-state index in [0.29, 0.717) is 11.3 Å². The molecule has 0 fully saturated rings. The first-order valence-electron chi connectivity index (χ1n) is 6.11. The molecule has 3 heteroatoms. The summed E-state index contributed by atoms with van der Waals surface area (Å²) in [6.07, 6.45) is 0. The molecule has 0 heterocycles. The Balaban J connectivity index is 2.31. The van der Waals surface area contributed by atoms with Crippen LogP contribution < -0.4 is 9.64 Å². The highest BCUT2D eigenvalue weighted by Crippen LogP contribution is 2.21. The maximum atomic E-state index is 12.4. The van der Waals surface area contributed by atoms with Crippen LogP contribution in [-0.4, -0.2) is 20.1 Å². The van der Waals surface area contributed by atoms with Crippen molar-refractivity contribution < 1.29 is 9.53 Å². The first kappa shape index (κ1) is 13.1. The van der Waals surface area contributed by atoms with Crippen molar-refractivity contribution in [2.45, 2.75) is 6.92 Å². The SMILES string of the molecule is COc1cccc(C(=O)N(C)c2ccccc2C)c1. The van der Waals surface area contributed by atoms with E-state index in [1.807, 2.05) is 43.3 Å². The fourth-order valence-electron chi connectivity index (χ4n) is 2.00. The van der Waals surface area contributed by atoms with E-state index in [2.05, 4.69) is 0 Å². The van der Waals surface area contributed by atoms with Crippen LogP contribution in [0.4, 0.5) is 5.69 Å². The van der Waals surface area contributed by atoms with Gasteiger partial charge in [0.25, 0.3) is 5.91 Å². The standard InChI is InChI=1S/C16H17NO2/c1-12-7-4-5-10-15(12)17(2)16(18)13-8-6-9-14(11-13)19-3/h4-11H,1-3H3. The molecule has 2 rings (SSSR count). The first-order chi connectivity index (χ1) is 9.13. The highest BCUT2D eigenvalue weighted by atomic mass is 16.5. The molecule has 1 amide bonds. The number of ether oxygens (including phenoxy) is 1. The topological polar surface area (TPSA) is 29.5 Å². The van der Waals surface area contributed by atoms with E-state index in [1.165, 1.54) is 0 Å². The summed E-state index contributed by atoms with van der Waals surface area (Å²) in [5.41, 5.74) is 2.60. The molecular formula is C16H17NO2. The zero-order chi connectivity index (χ0) is 13.8. The molecule has 3 nitrogen and oxygen atoms in total. The second kappa shape index (κ2) is 5.57. The van der Waals surface area contributed by atoms with E-state index < -0.39 is 0 Å². The molecule has 0 saturated heterocycles. The minimum Gasteiger partial charge on any atom is -0.497 e. The molecule has 0 spiro atoms. The third-order valence-electron chi connectivity index (χ3n) is 3.10. The Labute approximate surface area is 113 Å². The molecule has 0 aliphatic rings. The predicted octanol–water partition coefficient (Wildman–Crippen LogP) is 3.28. The average molecular weight is 255 g/mol. The Morgan fingerprint density at radius 2 is 1.84 bits per heavy atom. The number of para-hydroxylation sites is 1. The first-order valence-corrected chi connectivity index (χ1v) is 6.11. The van der Waals surface area contributed by atoms with Crippen molar-refractivity contribution in [3.8, 4) is 5.75 Å². The predicted molar refractivity (Wildman–Crippen MR) is 76.9 cm³/mol. The number of hydrogen-bond donors (Lipinski definition) is 0. The molecule has 0 aliphatic heterocycles. The van der Waals surface area contributed by atoms with Crippen LogP contribution in [0.3, 0.4) is 0 Å². The highest BCUT2D eigenvalue weighted by molar-refractivity contribution is 6.06. The summed E-state index contributed by atoms with van der Waals surface area (Å²) in [7, 11) is 3.37. The van der Waals surface area contributed by atoms with Gasteiger partial charge in [0.2, 0.25) is 0 Å². The molecular weight excluding hydrogens is 238 g/mol. The van der Waals surface area contributed by atoms with Gasteiger partial charge in [-0.05, 0) is 36.8 Å². The number of nitrogens with zero attached hydrogens (tertiary/aromatic N) is 1. The van der Waals surface area contributed by atoms with Gasteiger partial charge in [-0.2, -0.15) is 0 Å². The Morgan fingerprint density at radius 1 is 1.11 bits per heavy atom. The van der Waals surface area contributed by atoms with Crippen molar-refractivity contribution in [2.75, 3.05) is 19.1 Å². The third-order valence-corrected chi connectivity index (χ3v) is 3.10. The maximum Gasteiger partial charge on any atom is 0.258 e. The highest BCUT2D eigenvalue weighted by Gasteiger charge is 2.15. The molecule has 0 atom stereocenters. The minimum absolute atomic E-state index is 0.0480. The van der Waals surface area contributed by atoms with Gasteiger partial charge in [0.1, 0.15) is 5.75 Å². The van der Waals surface area contributed by atoms with Crippen molar-refractivity contribution in [3.05, 3.63) is 59.7 Å². The van der Waals surface area contributed by atoms with Gasteiger partial charge >= 0.3 is 0 Å². The molecule has 0 N–H and O–H groups in total. The van der Waals surface area contributed by atoms with Crippen LogP contribution in [0.5, 0.6) is 5.75 Å². The number of anilines is 1. The molecule has 19 heavy (non-hydrogen) atoms. The molecule has 0 aromatic heterocycles. The third kappa shape index (κ3) is 2.76. The monoisotopic (exact) mass is 255 g/mol. The van der Waals surface area contributed by atoms with Gasteiger partial charge in [-0.3, -0.25) is 4.79 Å². The molecule has 0 unspecified atom stereocenters. The molecule has 2 aromatic rings. The molecule has 2 aromatic carbocycles. The fraction of sp³-hybridized carbons (Fsp3) is 0.188. The average Bonchev–Trinajstić information content (AvgIpc) is 2.46. The Morgan fingerprint density at radius 3 is 2.53 bits per heavy atom. The number of amides is 1. The summed E-state index contributed by atoms with van der Waals surface area (Å²) >= 11 is 0. The van der Waals surface area contributed by atoms with E-state index in [0.717, 1.165) is 11.3 Å². The molecule has 0 aliphatic carbocycles. The van der Waals surface area contributed by atoms with Crippen LogP contribution in [0, 0.1) is 6.92 Å². The molecule has 0 saturated carbocycles. The van der Waals surface area contributed by atoms with Gasteiger partial charge in [0, 0.05) is 18.3 Å². The van der Waals surface area contributed by atoms with Crippen LogP contribution in [0.25, 0.3) is 0 Å². The Bertz CT molecular complexity index is 593. The Kier molecular flexibility index (Phi) is 3.85.